The average molecular weight is 410 g/mol. The van der Waals surface area contributed by atoms with E-state index in [-0.39, 0.29) is 11.1 Å². The minimum absolute atomic E-state index is 0.0620. The van der Waals surface area contributed by atoms with Crippen LogP contribution in [-0.4, -0.2) is 25.9 Å². The molecule has 0 aromatic heterocycles. The van der Waals surface area contributed by atoms with Gasteiger partial charge in [-0.3, -0.25) is 9.11 Å². The van der Waals surface area contributed by atoms with E-state index in [1.807, 2.05) is 31.2 Å². The lowest BCUT2D eigenvalue weighted by atomic mass is 10.1. The second kappa shape index (κ2) is 7.53. The van der Waals surface area contributed by atoms with Crippen molar-refractivity contribution in [2.24, 2.45) is 0 Å². The standard InChI is InChI=1S/C10H9NO6S2.C7H9N/c11-10-5-8(19(15,16)17)4-6-3-7(18(12,13)14)1-2-9(6)10;1-6-3-2-4-7(8)5-6/h1-5H,11H2,(H,12,13,14)(H,15,16,17);2-5H,8H2,1H3. The van der Waals surface area contributed by atoms with Crippen molar-refractivity contribution in [3.8, 4) is 0 Å². The summed E-state index contributed by atoms with van der Waals surface area (Å²) in [6.07, 6.45) is 0. The summed E-state index contributed by atoms with van der Waals surface area (Å²) in [7, 11) is -8.87. The zero-order valence-corrected chi connectivity index (χ0v) is 15.8. The molecule has 0 unspecified atom stereocenters. The molecule has 3 rings (SSSR count). The highest BCUT2D eigenvalue weighted by Crippen LogP contribution is 2.27. The number of nitrogens with two attached hydrogens (primary N) is 2. The molecule has 0 heterocycles. The van der Waals surface area contributed by atoms with Crippen LogP contribution in [0.15, 0.2) is 64.4 Å². The molecule has 144 valence electrons. The molecule has 3 aromatic rings. The van der Waals surface area contributed by atoms with Gasteiger partial charge in [0.1, 0.15) is 0 Å². The molecule has 0 spiro atoms. The van der Waals surface area contributed by atoms with E-state index in [0.29, 0.717) is 5.39 Å². The lowest BCUT2D eigenvalue weighted by Gasteiger charge is -2.06. The van der Waals surface area contributed by atoms with Crippen molar-refractivity contribution in [2.75, 3.05) is 11.5 Å². The second-order valence-electron chi connectivity index (χ2n) is 5.76. The van der Waals surface area contributed by atoms with Crippen molar-refractivity contribution in [3.63, 3.8) is 0 Å². The van der Waals surface area contributed by atoms with E-state index in [1.54, 1.807) is 0 Å². The van der Waals surface area contributed by atoms with E-state index in [9.17, 15) is 16.8 Å². The third-order valence-corrected chi connectivity index (χ3v) is 5.25. The summed E-state index contributed by atoms with van der Waals surface area (Å²) in [5, 5.41) is 0.572. The molecule has 8 nitrogen and oxygen atoms in total. The molecule has 0 saturated carbocycles. The highest BCUT2D eigenvalue weighted by Gasteiger charge is 2.15. The highest BCUT2D eigenvalue weighted by atomic mass is 32.2. The Hall–Kier alpha value is -2.66. The van der Waals surface area contributed by atoms with Crippen LogP contribution in [0, 0.1) is 6.92 Å². The molecule has 3 aromatic carbocycles. The monoisotopic (exact) mass is 410 g/mol. The van der Waals surface area contributed by atoms with E-state index in [2.05, 4.69) is 0 Å². The van der Waals surface area contributed by atoms with E-state index < -0.39 is 30.0 Å². The molecule has 0 amide bonds. The van der Waals surface area contributed by atoms with Gasteiger partial charge in [0.2, 0.25) is 0 Å². The van der Waals surface area contributed by atoms with E-state index in [1.165, 1.54) is 11.6 Å². The first kappa shape index (κ1) is 20.6. The van der Waals surface area contributed by atoms with Crippen LogP contribution in [-0.2, 0) is 20.2 Å². The van der Waals surface area contributed by atoms with Crippen molar-refractivity contribution in [1.82, 2.24) is 0 Å². The molecule has 6 N–H and O–H groups in total. The van der Waals surface area contributed by atoms with Gasteiger partial charge in [-0.05, 0) is 54.3 Å². The van der Waals surface area contributed by atoms with Crippen LogP contribution in [0.2, 0.25) is 0 Å². The Morgan fingerprint density at radius 3 is 1.85 bits per heavy atom. The van der Waals surface area contributed by atoms with Crippen LogP contribution < -0.4 is 11.5 Å². The number of benzene rings is 3. The van der Waals surface area contributed by atoms with E-state index >= 15 is 0 Å². The third kappa shape index (κ3) is 5.41. The Morgan fingerprint density at radius 2 is 1.37 bits per heavy atom. The number of hydrogen-bond donors (Lipinski definition) is 4. The number of hydrogen-bond acceptors (Lipinski definition) is 6. The molecule has 0 aliphatic rings. The smallest absolute Gasteiger partial charge is 0.294 e. The Balaban J connectivity index is 0.000000273. The van der Waals surface area contributed by atoms with Crippen LogP contribution in [0.1, 0.15) is 5.56 Å². The quantitative estimate of drug-likeness (QED) is 0.370. The first-order valence-electron chi connectivity index (χ1n) is 7.48. The predicted molar refractivity (Wildman–Crippen MR) is 104 cm³/mol. The SMILES string of the molecule is Cc1cccc(N)c1.Nc1cc(S(=O)(=O)O)cc2cc(S(=O)(=O)O)ccc12. The maximum atomic E-state index is 11.0. The summed E-state index contributed by atoms with van der Waals surface area (Å²) in [6, 6.07) is 13.5. The Morgan fingerprint density at radius 1 is 0.778 bits per heavy atom. The van der Waals surface area contributed by atoms with Crippen molar-refractivity contribution < 1.29 is 25.9 Å². The van der Waals surface area contributed by atoms with Gasteiger partial charge in [0.25, 0.3) is 20.2 Å². The fraction of sp³-hybridized carbons (Fsp3) is 0.0588. The zero-order valence-electron chi connectivity index (χ0n) is 14.2. The normalized spacial score (nSPS) is 11.7. The molecule has 0 aliphatic heterocycles. The number of aryl methyl sites for hydroxylation is 1. The van der Waals surface area contributed by atoms with Gasteiger partial charge >= 0.3 is 0 Å². The second-order valence-corrected chi connectivity index (χ2v) is 8.60. The van der Waals surface area contributed by atoms with Gasteiger partial charge in [-0.15, -0.1) is 0 Å². The van der Waals surface area contributed by atoms with Crippen molar-refractivity contribution in [2.45, 2.75) is 16.7 Å². The van der Waals surface area contributed by atoms with Crippen molar-refractivity contribution in [1.29, 1.82) is 0 Å². The van der Waals surface area contributed by atoms with E-state index in [0.717, 1.165) is 30.0 Å². The topological polar surface area (TPSA) is 161 Å². The van der Waals surface area contributed by atoms with Crippen LogP contribution in [0.25, 0.3) is 10.8 Å². The Kier molecular flexibility index (Phi) is 5.76. The summed E-state index contributed by atoms with van der Waals surface area (Å²) in [5.74, 6) is 0. The van der Waals surface area contributed by atoms with Gasteiger partial charge in [-0.2, -0.15) is 16.8 Å². The van der Waals surface area contributed by atoms with Crippen LogP contribution in [0.5, 0.6) is 0 Å². The lowest BCUT2D eigenvalue weighted by Crippen LogP contribution is -2.01. The van der Waals surface area contributed by atoms with Crippen molar-refractivity contribution in [3.05, 3.63) is 60.2 Å². The molecule has 10 heteroatoms. The largest absolute Gasteiger partial charge is 0.399 e. The number of nitrogen functional groups attached to an aromatic ring is 2. The molecular weight excluding hydrogens is 392 g/mol. The summed E-state index contributed by atoms with van der Waals surface area (Å²) in [6.45, 7) is 2.02. The van der Waals surface area contributed by atoms with Gasteiger partial charge in [0.05, 0.1) is 9.79 Å². The van der Waals surface area contributed by atoms with E-state index in [4.69, 9.17) is 20.6 Å². The Labute approximate surface area is 156 Å². The maximum absolute atomic E-state index is 11.0. The summed E-state index contributed by atoms with van der Waals surface area (Å²) < 4.78 is 62.0. The zero-order chi connectivity index (χ0) is 20.4. The average Bonchev–Trinajstić information content (AvgIpc) is 2.53. The fourth-order valence-electron chi connectivity index (χ4n) is 2.33. The predicted octanol–water partition coefficient (Wildman–Crippen LogP) is 2.49. The molecule has 0 fully saturated rings. The van der Waals surface area contributed by atoms with Gasteiger partial charge < -0.3 is 11.5 Å². The highest BCUT2D eigenvalue weighted by molar-refractivity contribution is 7.86. The minimum Gasteiger partial charge on any atom is -0.399 e. The molecule has 0 bridgehead atoms. The van der Waals surface area contributed by atoms with Gasteiger partial charge in [0.15, 0.2) is 0 Å². The molecule has 0 saturated heterocycles. The van der Waals surface area contributed by atoms with Crippen LogP contribution in [0.3, 0.4) is 0 Å². The number of anilines is 2. The van der Waals surface area contributed by atoms with Gasteiger partial charge in [0, 0.05) is 16.8 Å². The Bertz CT molecular complexity index is 1180. The van der Waals surface area contributed by atoms with Crippen LogP contribution >= 0.6 is 0 Å². The fourth-order valence-corrected chi connectivity index (χ4v) is 3.40. The van der Waals surface area contributed by atoms with Crippen molar-refractivity contribution >= 4 is 42.4 Å². The first-order chi connectivity index (χ1) is 12.4. The molecular formula is C17H18N2O6S2. The maximum Gasteiger partial charge on any atom is 0.294 e. The third-order valence-electron chi connectivity index (χ3n) is 3.57. The lowest BCUT2D eigenvalue weighted by molar-refractivity contribution is 0.481. The van der Waals surface area contributed by atoms with Gasteiger partial charge in [-0.1, -0.05) is 18.2 Å². The summed E-state index contributed by atoms with van der Waals surface area (Å²) in [5.41, 5.74) is 13.2. The summed E-state index contributed by atoms with van der Waals surface area (Å²) in [4.78, 5) is -0.850. The molecule has 0 radical (unpaired) electrons. The molecule has 0 atom stereocenters. The minimum atomic E-state index is -4.46. The number of fused-ring (bicyclic) bond motifs is 1. The summed E-state index contributed by atoms with van der Waals surface area (Å²) >= 11 is 0. The first-order valence-corrected chi connectivity index (χ1v) is 10.4. The molecule has 27 heavy (non-hydrogen) atoms. The molecule has 0 aliphatic carbocycles. The number of rotatable bonds is 2. The van der Waals surface area contributed by atoms with Crippen LogP contribution in [0.4, 0.5) is 11.4 Å². The van der Waals surface area contributed by atoms with Gasteiger partial charge in [-0.25, -0.2) is 0 Å².